The van der Waals surface area contributed by atoms with Crippen LogP contribution in [0.1, 0.15) is 96.5 Å². The maximum Gasteiger partial charge on any atom is 0.311 e. The van der Waals surface area contributed by atoms with E-state index >= 15 is 0 Å². The summed E-state index contributed by atoms with van der Waals surface area (Å²) in [5.74, 6) is 5.91. The molecule has 0 fully saturated rings. The minimum atomic E-state index is -0.325. The second-order valence-corrected chi connectivity index (χ2v) is 7.53. The number of esters is 2. The summed E-state index contributed by atoms with van der Waals surface area (Å²) >= 11 is 0. The van der Waals surface area contributed by atoms with Gasteiger partial charge in [0.2, 0.25) is 0 Å². The van der Waals surface area contributed by atoms with Crippen LogP contribution in [0.2, 0.25) is 0 Å². The molecule has 4 nitrogen and oxygen atoms in total. The standard InChI is InChI=1S/C26H38O4/c1-3-5-6-7-8-9-10-11-12-13-16-22-29-25(27)20-17-21-26(28)30-24-19-15-14-18-23(24)4-2/h14-15,18-19H,3-12,17,20-22H2,1-2H3. The topological polar surface area (TPSA) is 52.6 Å². The zero-order chi connectivity index (χ0) is 21.9. The Morgan fingerprint density at radius 1 is 0.800 bits per heavy atom. The molecule has 1 aromatic carbocycles. The Morgan fingerprint density at radius 2 is 1.47 bits per heavy atom. The number of aryl methyl sites for hydroxylation is 1. The molecule has 0 saturated carbocycles. The van der Waals surface area contributed by atoms with Crippen molar-refractivity contribution in [2.75, 3.05) is 6.61 Å². The summed E-state index contributed by atoms with van der Waals surface area (Å²) in [6.07, 6.45) is 12.7. The van der Waals surface area contributed by atoms with Crippen molar-refractivity contribution in [1.29, 1.82) is 0 Å². The number of para-hydroxylation sites is 1. The first-order valence-corrected chi connectivity index (χ1v) is 11.6. The van der Waals surface area contributed by atoms with Crippen LogP contribution in [0.5, 0.6) is 5.75 Å². The summed E-state index contributed by atoms with van der Waals surface area (Å²) in [5, 5.41) is 0. The largest absolute Gasteiger partial charge is 0.452 e. The molecule has 0 amide bonds. The molecule has 1 aromatic rings. The van der Waals surface area contributed by atoms with Gasteiger partial charge in [0.1, 0.15) is 5.75 Å². The second kappa shape index (κ2) is 17.6. The van der Waals surface area contributed by atoms with E-state index in [2.05, 4.69) is 18.8 Å². The van der Waals surface area contributed by atoms with Crippen molar-refractivity contribution in [2.45, 2.75) is 97.3 Å². The summed E-state index contributed by atoms with van der Waals surface area (Å²) < 4.78 is 10.5. The Balaban J connectivity index is 2.02. The molecule has 0 radical (unpaired) electrons. The van der Waals surface area contributed by atoms with Gasteiger partial charge in [0, 0.05) is 19.3 Å². The van der Waals surface area contributed by atoms with Gasteiger partial charge in [-0.25, -0.2) is 0 Å². The third kappa shape index (κ3) is 13.0. The van der Waals surface area contributed by atoms with Gasteiger partial charge in [0.15, 0.2) is 6.61 Å². The van der Waals surface area contributed by atoms with E-state index in [0.717, 1.165) is 24.8 Å². The monoisotopic (exact) mass is 414 g/mol. The molecule has 0 unspecified atom stereocenters. The summed E-state index contributed by atoms with van der Waals surface area (Å²) in [6, 6.07) is 7.49. The lowest BCUT2D eigenvalue weighted by molar-refractivity contribution is -0.142. The van der Waals surface area contributed by atoms with Crippen LogP contribution >= 0.6 is 0 Å². The van der Waals surface area contributed by atoms with Crippen molar-refractivity contribution < 1.29 is 19.1 Å². The van der Waals surface area contributed by atoms with E-state index in [1.54, 1.807) is 6.07 Å². The van der Waals surface area contributed by atoms with Crippen LogP contribution in [-0.2, 0) is 20.7 Å². The van der Waals surface area contributed by atoms with E-state index in [1.807, 2.05) is 25.1 Å². The fourth-order valence-electron chi connectivity index (χ4n) is 3.12. The van der Waals surface area contributed by atoms with E-state index in [4.69, 9.17) is 9.47 Å². The van der Waals surface area contributed by atoms with Gasteiger partial charge in [-0.1, -0.05) is 88.8 Å². The molecule has 0 aliphatic rings. The fourth-order valence-corrected chi connectivity index (χ4v) is 3.12. The minimum absolute atomic E-state index is 0.129. The lowest BCUT2D eigenvalue weighted by atomic mass is 10.1. The van der Waals surface area contributed by atoms with Crippen molar-refractivity contribution in [3.05, 3.63) is 29.8 Å². The van der Waals surface area contributed by atoms with Gasteiger partial charge in [-0.3, -0.25) is 9.59 Å². The molecule has 1 rings (SSSR count). The SMILES string of the molecule is CCCCCCCCCCC#CCOC(=O)CCCC(=O)Oc1ccccc1CC. The normalized spacial score (nSPS) is 10.2. The molecule has 30 heavy (non-hydrogen) atoms. The summed E-state index contributed by atoms with van der Waals surface area (Å²) in [7, 11) is 0. The van der Waals surface area contributed by atoms with E-state index in [1.165, 1.54) is 44.9 Å². The van der Waals surface area contributed by atoms with Crippen LogP contribution in [0, 0.1) is 11.8 Å². The van der Waals surface area contributed by atoms with E-state index in [0.29, 0.717) is 12.2 Å². The van der Waals surface area contributed by atoms with Crippen molar-refractivity contribution >= 4 is 11.9 Å². The average molecular weight is 415 g/mol. The van der Waals surface area contributed by atoms with Gasteiger partial charge in [0.05, 0.1) is 0 Å². The quantitative estimate of drug-likeness (QED) is 0.144. The number of benzene rings is 1. The molecule has 0 bridgehead atoms. The molecular formula is C26H38O4. The van der Waals surface area contributed by atoms with Gasteiger partial charge in [0.25, 0.3) is 0 Å². The van der Waals surface area contributed by atoms with Crippen molar-refractivity contribution in [2.24, 2.45) is 0 Å². The van der Waals surface area contributed by atoms with Crippen LogP contribution in [0.3, 0.4) is 0 Å². The van der Waals surface area contributed by atoms with Crippen LogP contribution in [0.25, 0.3) is 0 Å². The first-order valence-electron chi connectivity index (χ1n) is 11.6. The number of carbonyl (C=O) groups is 2. The number of carbonyl (C=O) groups excluding carboxylic acids is 2. The number of hydrogen-bond donors (Lipinski definition) is 0. The molecule has 0 spiro atoms. The highest BCUT2D eigenvalue weighted by atomic mass is 16.5. The van der Waals surface area contributed by atoms with Crippen molar-refractivity contribution in [3.63, 3.8) is 0 Å². The Hall–Kier alpha value is -2.28. The van der Waals surface area contributed by atoms with Gasteiger partial charge < -0.3 is 9.47 Å². The van der Waals surface area contributed by atoms with E-state index < -0.39 is 0 Å². The van der Waals surface area contributed by atoms with E-state index in [9.17, 15) is 9.59 Å². The number of unbranched alkanes of at least 4 members (excludes halogenated alkanes) is 8. The molecule has 0 N–H and O–H groups in total. The Bertz CT molecular complexity index is 669. The Kier molecular flexibility index (Phi) is 15.1. The number of ether oxygens (including phenoxy) is 2. The summed E-state index contributed by atoms with van der Waals surface area (Å²) in [4.78, 5) is 23.7. The molecule has 4 heteroatoms. The molecule has 0 aliphatic heterocycles. The van der Waals surface area contributed by atoms with Crippen molar-refractivity contribution in [1.82, 2.24) is 0 Å². The third-order valence-corrected chi connectivity index (χ3v) is 4.92. The Labute approximate surface area is 182 Å². The number of rotatable bonds is 15. The second-order valence-electron chi connectivity index (χ2n) is 7.53. The lowest BCUT2D eigenvalue weighted by Gasteiger charge is -2.08. The highest BCUT2D eigenvalue weighted by Gasteiger charge is 2.10. The van der Waals surface area contributed by atoms with Gasteiger partial charge in [-0.15, -0.1) is 0 Å². The number of hydrogen-bond acceptors (Lipinski definition) is 4. The Morgan fingerprint density at radius 3 is 2.20 bits per heavy atom. The first-order chi connectivity index (χ1) is 14.7. The molecule has 0 aliphatic carbocycles. The summed E-state index contributed by atoms with van der Waals surface area (Å²) in [5.41, 5.74) is 0.996. The molecular weight excluding hydrogens is 376 g/mol. The fraction of sp³-hybridized carbons (Fsp3) is 0.615. The maximum absolute atomic E-state index is 11.9. The van der Waals surface area contributed by atoms with Gasteiger partial charge in [-0.05, 0) is 30.9 Å². The molecule has 166 valence electrons. The molecule has 0 aromatic heterocycles. The first kappa shape index (κ1) is 25.8. The molecule has 0 heterocycles. The lowest BCUT2D eigenvalue weighted by Crippen LogP contribution is -2.11. The molecule has 0 atom stereocenters. The highest BCUT2D eigenvalue weighted by molar-refractivity contribution is 5.74. The predicted octanol–water partition coefficient (Wildman–Crippen LogP) is 6.40. The highest BCUT2D eigenvalue weighted by Crippen LogP contribution is 2.19. The smallest absolute Gasteiger partial charge is 0.311 e. The van der Waals surface area contributed by atoms with Gasteiger partial charge in [-0.2, -0.15) is 0 Å². The van der Waals surface area contributed by atoms with Crippen LogP contribution < -0.4 is 4.74 Å². The summed E-state index contributed by atoms with van der Waals surface area (Å²) in [6.45, 7) is 4.38. The molecule has 0 saturated heterocycles. The van der Waals surface area contributed by atoms with Crippen LogP contribution in [0.15, 0.2) is 24.3 Å². The van der Waals surface area contributed by atoms with Crippen LogP contribution in [0.4, 0.5) is 0 Å². The third-order valence-electron chi connectivity index (χ3n) is 4.92. The van der Waals surface area contributed by atoms with Gasteiger partial charge >= 0.3 is 11.9 Å². The predicted molar refractivity (Wildman–Crippen MR) is 121 cm³/mol. The zero-order valence-corrected chi connectivity index (χ0v) is 18.8. The zero-order valence-electron chi connectivity index (χ0n) is 18.8. The van der Waals surface area contributed by atoms with Crippen molar-refractivity contribution in [3.8, 4) is 17.6 Å². The van der Waals surface area contributed by atoms with Crippen LogP contribution in [-0.4, -0.2) is 18.5 Å². The minimum Gasteiger partial charge on any atom is -0.452 e. The van der Waals surface area contributed by atoms with E-state index in [-0.39, 0.29) is 31.4 Å². The average Bonchev–Trinajstić information content (AvgIpc) is 2.75. The maximum atomic E-state index is 11.9.